The summed E-state index contributed by atoms with van der Waals surface area (Å²) in [6.45, 7) is 4.78. The molecule has 2 nitrogen and oxygen atoms in total. The number of aryl methyl sites for hydroxylation is 1. The molecule has 0 fully saturated rings. The second-order valence-corrected chi connectivity index (χ2v) is 7.93. The lowest BCUT2D eigenvalue weighted by molar-refractivity contribution is -0.120. The molecule has 122 valence electrons. The van der Waals surface area contributed by atoms with Gasteiger partial charge in [-0.15, -0.1) is 11.8 Å². The fraction of sp³-hybridized carbons (Fsp3) is 0.316. The van der Waals surface area contributed by atoms with Crippen molar-refractivity contribution in [3.63, 3.8) is 0 Å². The van der Waals surface area contributed by atoms with E-state index in [0.717, 1.165) is 22.9 Å². The Morgan fingerprint density at radius 3 is 2.65 bits per heavy atom. The summed E-state index contributed by atoms with van der Waals surface area (Å²) in [4.78, 5) is 13.2. The molecule has 2 rings (SSSR count). The van der Waals surface area contributed by atoms with Crippen LogP contribution in [0.4, 0.5) is 0 Å². The third kappa shape index (κ3) is 6.71. The first-order valence-corrected chi connectivity index (χ1v) is 9.81. The minimum absolute atomic E-state index is 0.0702. The Morgan fingerprint density at radius 1 is 1.13 bits per heavy atom. The summed E-state index contributed by atoms with van der Waals surface area (Å²) in [5.74, 6) is 2.03. The molecular formula is C19H23NOS2. The van der Waals surface area contributed by atoms with Gasteiger partial charge in [-0.05, 0) is 31.5 Å². The Labute approximate surface area is 147 Å². The van der Waals surface area contributed by atoms with Crippen molar-refractivity contribution < 1.29 is 4.79 Å². The lowest BCUT2D eigenvalue weighted by atomic mass is 10.2. The van der Waals surface area contributed by atoms with E-state index < -0.39 is 0 Å². The van der Waals surface area contributed by atoms with Crippen molar-refractivity contribution in [3.8, 4) is 0 Å². The Kier molecular flexibility index (Phi) is 7.56. The molecule has 1 N–H and O–H groups in total. The summed E-state index contributed by atoms with van der Waals surface area (Å²) >= 11 is 3.45. The van der Waals surface area contributed by atoms with Gasteiger partial charge in [0.2, 0.25) is 5.91 Å². The van der Waals surface area contributed by atoms with Gasteiger partial charge in [-0.25, -0.2) is 0 Å². The van der Waals surface area contributed by atoms with Crippen LogP contribution in [0.25, 0.3) is 0 Å². The number of thioether (sulfide) groups is 2. The standard InChI is InChI=1S/C19H23NOS2/c1-15-7-6-8-17(13-15)14-22-12-11-20-19(21)16(2)23-18-9-4-3-5-10-18/h3-10,13,16H,11-12,14H2,1-2H3,(H,20,21)/t16-/m1/s1. The zero-order valence-electron chi connectivity index (χ0n) is 13.6. The highest BCUT2D eigenvalue weighted by Crippen LogP contribution is 2.22. The smallest absolute Gasteiger partial charge is 0.233 e. The molecule has 0 heterocycles. The van der Waals surface area contributed by atoms with E-state index in [4.69, 9.17) is 0 Å². The van der Waals surface area contributed by atoms with Gasteiger partial charge in [0.05, 0.1) is 5.25 Å². The average molecular weight is 346 g/mol. The van der Waals surface area contributed by atoms with Crippen LogP contribution in [0.5, 0.6) is 0 Å². The number of carbonyl (C=O) groups excluding carboxylic acids is 1. The van der Waals surface area contributed by atoms with Gasteiger partial charge in [-0.3, -0.25) is 4.79 Å². The molecule has 0 aliphatic carbocycles. The molecule has 0 aliphatic heterocycles. The zero-order valence-corrected chi connectivity index (χ0v) is 15.3. The quantitative estimate of drug-likeness (QED) is 0.563. The topological polar surface area (TPSA) is 29.1 Å². The van der Waals surface area contributed by atoms with E-state index >= 15 is 0 Å². The van der Waals surface area contributed by atoms with E-state index in [2.05, 4.69) is 36.5 Å². The van der Waals surface area contributed by atoms with Crippen LogP contribution in [0.1, 0.15) is 18.1 Å². The van der Waals surface area contributed by atoms with E-state index in [-0.39, 0.29) is 11.2 Å². The number of nitrogens with one attached hydrogen (secondary N) is 1. The normalized spacial score (nSPS) is 11.9. The van der Waals surface area contributed by atoms with Gasteiger partial charge in [0.1, 0.15) is 0 Å². The van der Waals surface area contributed by atoms with Crippen LogP contribution < -0.4 is 5.32 Å². The molecule has 1 atom stereocenters. The molecule has 0 bridgehead atoms. The zero-order chi connectivity index (χ0) is 16.5. The van der Waals surface area contributed by atoms with Crippen molar-refractivity contribution in [2.75, 3.05) is 12.3 Å². The number of rotatable bonds is 8. The van der Waals surface area contributed by atoms with Gasteiger partial charge in [-0.2, -0.15) is 11.8 Å². The monoisotopic (exact) mass is 345 g/mol. The second-order valence-electron chi connectivity index (χ2n) is 5.41. The van der Waals surface area contributed by atoms with Crippen LogP contribution in [-0.4, -0.2) is 23.5 Å². The first-order valence-electron chi connectivity index (χ1n) is 7.78. The summed E-state index contributed by atoms with van der Waals surface area (Å²) in [5.41, 5.74) is 2.64. The van der Waals surface area contributed by atoms with Crippen LogP contribution in [0, 0.1) is 6.92 Å². The molecule has 0 aliphatic rings. The molecule has 1 amide bonds. The van der Waals surface area contributed by atoms with Gasteiger partial charge in [0, 0.05) is 22.9 Å². The fourth-order valence-corrected chi connectivity index (χ4v) is 3.86. The van der Waals surface area contributed by atoms with Crippen LogP contribution in [0.2, 0.25) is 0 Å². The average Bonchev–Trinajstić information content (AvgIpc) is 2.55. The van der Waals surface area contributed by atoms with Gasteiger partial charge in [-0.1, -0.05) is 48.0 Å². The SMILES string of the molecule is Cc1cccc(CSCCNC(=O)[C@@H](C)Sc2ccccc2)c1. The minimum atomic E-state index is -0.0702. The molecule has 0 saturated carbocycles. The molecule has 23 heavy (non-hydrogen) atoms. The molecule has 4 heteroatoms. The summed E-state index contributed by atoms with van der Waals surface area (Å²) in [6.07, 6.45) is 0. The second kappa shape index (κ2) is 9.68. The molecule has 0 aromatic heterocycles. The maximum absolute atomic E-state index is 12.1. The Balaban J connectivity index is 1.62. The predicted octanol–water partition coefficient (Wildman–Crippen LogP) is 4.53. The number of benzene rings is 2. The first-order chi connectivity index (χ1) is 11.1. The van der Waals surface area contributed by atoms with E-state index in [1.807, 2.05) is 49.0 Å². The number of carbonyl (C=O) groups is 1. The highest BCUT2D eigenvalue weighted by molar-refractivity contribution is 8.00. The Hall–Kier alpha value is -1.39. The van der Waals surface area contributed by atoms with E-state index in [0.29, 0.717) is 0 Å². The van der Waals surface area contributed by atoms with Crippen LogP contribution in [-0.2, 0) is 10.5 Å². The third-order valence-corrected chi connectivity index (χ3v) is 5.46. The first kappa shape index (κ1) is 18.0. The van der Waals surface area contributed by atoms with Crippen LogP contribution in [0.15, 0.2) is 59.5 Å². The van der Waals surface area contributed by atoms with Crippen LogP contribution in [0.3, 0.4) is 0 Å². The summed E-state index contributed by atoms with van der Waals surface area (Å²) in [5, 5.41) is 2.95. The molecule has 2 aromatic rings. The Morgan fingerprint density at radius 2 is 1.91 bits per heavy atom. The Bertz CT molecular complexity index is 616. The van der Waals surface area contributed by atoms with Crippen molar-refractivity contribution in [1.29, 1.82) is 0 Å². The number of hydrogen-bond donors (Lipinski definition) is 1. The van der Waals surface area contributed by atoms with Gasteiger partial charge in [0.25, 0.3) is 0 Å². The fourth-order valence-electron chi connectivity index (χ4n) is 2.14. The van der Waals surface area contributed by atoms with Crippen molar-refractivity contribution in [3.05, 3.63) is 65.7 Å². The lowest BCUT2D eigenvalue weighted by Gasteiger charge is -2.12. The van der Waals surface area contributed by atoms with Gasteiger partial charge in [0.15, 0.2) is 0 Å². The summed E-state index contributed by atoms with van der Waals surface area (Å²) in [6, 6.07) is 18.6. The number of amides is 1. The van der Waals surface area contributed by atoms with Crippen LogP contribution >= 0.6 is 23.5 Å². The van der Waals surface area contributed by atoms with E-state index in [9.17, 15) is 4.79 Å². The third-order valence-electron chi connectivity index (χ3n) is 3.32. The van der Waals surface area contributed by atoms with Crippen molar-refractivity contribution >= 4 is 29.4 Å². The predicted molar refractivity (Wildman–Crippen MR) is 102 cm³/mol. The maximum Gasteiger partial charge on any atom is 0.233 e. The molecule has 2 aromatic carbocycles. The highest BCUT2D eigenvalue weighted by atomic mass is 32.2. The van der Waals surface area contributed by atoms with Crippen molar-refractivity contribution in [2.45, 2.75) is 29.7 Å². The number of hydrogen-bond acceptors (Lipinski definition) is 3. The molecule has 0 radical (unpaired) electrons. The largest absolute Gasteiger partial charge is 0.354 e. The molecule has 0 unspecified atom stereocenters. The molecule has 0 spiro atoms. The minimum Gasteiger partial charge on any atom is -0.354 e. The van der Waals surface area contributed by atoms with Gasteiger partial charge >= 0.3 is 0 Å². The van der Waals surface area contributed by atoms with E-state index in [1.54, 1.807) is 11.8 Å². The maximum atomic E-state index is 12.1. The van der Waals surface area contributed by atoms with E-state index in [1.165, 1.54) is 11.1 Å². The lowest BCUT2D eigenvalue weighted by Crippen LogP contribution is -2.32. The highest BCUT2D eigenvalue weighted by Gasteiger charge is 2.13. The molecular weight excluding hydrogens is 322 g/mol. The molecule has 0 saturated heterocycles. The van der Waals surface area contributed by atoms with Crippen molar-refractivity contribution in [1.82, 2.24) is 5.32 Å². The van der Waals surface area contributed by atoms with Crippen molar-refractivity contribution in [2.24, 2.45) is 0 Å². The summed E-state index contributed by atoms with van der Waals surface area (Å²) in [7, 11) is 0. The summed E-state index contributed by atoms with van der Waals surface area (Å²) < 4.78 is 0. The van der Waals surface area contributed by atoms with Gasteiger partial charge < -0.3 is 5.32 Å².